The number of carbonyl (C=O) groups is 1. The number of hydrogen-bond donors (Lipinski definition) is 1. The van der Waals surface area contributed by atoms with Gasteiger partial charge in [-0.05, 0) is 31.0 Å². The quantitative estimate of drug-likeness (QED) is 0.871. The van der Waals surface area contributed by atoms with Gasteiger partial charge in [0.05, 0.1) is 11.6 Å². The first kappa shape index (κ1) is 16.4. The van der Waals surface area contributed by atoms with E-state index in [-0.39, 0.29) is 25.2 Å². The van der Waals surface area contributed by atoms with Gasteiger partial charge in [0.25, 0.3) is 5.91 Å². The summed E-state index contributed by atoms with van der Waals surface area (Å²) in [6.07, 6.45) is 4.24. The van der Waals surface area contributed by atoms with E-state index in [1.54, 1.807) is 23.1 Å². The van der Waals surface area contributed by atoms with Crippen LogP contribution in [0.5, 0.6) is 5.75 Å². The summed E-state index contributed by atoms with van der Waals surface area (Å²) < 4.78 is 5.48. The number of hydrogen-bond acceptors (Lipinski definition) is 3. The third kappa shape index (κ3) is 4.50. The van der Waals surface area contributed by atoms with Gasteiger partial charge in [-0.15, -0.1) is 0 Å². The van der Waals surface area contributed by atoms with Crippen LogP contribution in [0.3, 0.4) is 0 Å². The van der Waals surface area contributed by atoms with E-state index in [2.05, 4.69) is 0 Å². The van der Waals surface area contributed by atoms with Gasteiger partial charge in [0.1, 0.15) is 5.75 Å². The van der Waals surface area contributed by atoms with E-state index >= 15 is 0 Å². The Balaban J connectivity index is 1.95. The Kier molecular flexibility index (Phi) is 6.15. The molecule has 0 aliphatic heterocycles. The Morgan fingerprint density at radius 2 is 2.05 bits per heavy atom. The van der Waals surface area contributed by atoms with E-state index in [1.165, 1.54) is 0 Å². The number of carbonyl (C=O) groups excluding carboxylic acids is 1. The molecule has 0 unspecified atom stereocenters. The average Bonchev–Trinajstić information content (AvgIpc) is 2.97. The molecular weight excluding hydrogens is 313 g/mol. The number of benzene rings is 1. The van der Waals surface area contributed by atoms with E-state index in [9.17, 15) is 4.79 Å². The largest absolute Gasteiger partial charge is 0.482 e. The van der Waals surface area contributed by atoms with Crippen molar-refractivity contribution in [1.82, 2.24) is 4.90 Å². The standard InChI is InChI=1S/C15H19Cl2NO3/c16-11-5-6-14(13(17)9-11)21-10-15(20)18(7-8-19)12-3-1-2-4-12/h5-6,9,12,19H,1-4,7-8,10H2. The molecule has 2 rings (SSSR count). The summed E-state index contributed by atoms with van der Waals surface area (Å²) in [4.78, 5) is 14.0. The van der Waals surface area contributed by atoms with Crippen molar-refractivity contribution in [1.29, 1.82) is 0 Å². The molecule has 0 bridgehead atoms. The number of amides is 1. The summed E-state index contributed by atoms with van der Waals surface area (Å²) in [5.41, 5.74) is 0. The maximum absolute atomic E-state index is 12.3. The van der Waals surface area contributed by atoms with Crippen molar-refractivity contribution < 1.29 is 14.6 Å². The summed E-state index contributed by atoms with van der Waals surface area (Å²) in [5.74, 6) is 0.312. The van der Waals surface area contributed by atoms with Crippen molar-refractivity contribution in [3.05, 3.63) is 28.2 Å². The average molecular weight is 332 g/mol. The van der Waals surface area contributed by atoms with Gasteiger partial charge in [-0.3, -0.25) is 4.79 Å². The minimum Gasteiger partial charge on any atom is -0.482 e. The molecule has 1 N–H and O–H groups in total. The molecule has 0 atom stereocenters. The molecule has 0 saturated heterocycles. The van der Waals surface area contributed by atoms with Gasteiger partial charge < -0.3 is 14.7 Å². The monoisotopic (exact) mass is 331 g/mol. The summed E-state index contributed by atoms with van der Waals surface area (Å²) in [5, 5.41) is 10.0. The second-order valence-electron chi connectivity index (χ2n) is 5.11. The van der Waals surface area contributed by atoms with Crippen molar-refractivity contribution in [2.75, 3.05) is 19.8 Å². The molecule has 21 heavy (non-hydrogen) atoms. The predicted molar refractivity (Wildman–Crippen MR) is 83.0 cm³/mol. The van der Waals surface area contributed by atoms with E-state index in [0.29, 0.717) is 22.3 Å². The lowest BCUT2D eigenvalue weighted by Gasteiger charge is -2.28. The molecule has 1 aromatic rings. The van der Waals surface area contributed by atoms with Crippen molar-refractivity contribution in [2.45, 2.75) is 31.7 Å². The topological polar surface area (TPSA) is 49.8 Å². The molecule has 1 aliphatic carbocycles. The van der Waals surface area contributed by atoms with Gasteiger partial charge in [0.2, 0.25) is 0 Å². The molecule has 0 radical (unpaired) electrons. The Hall–Kier alpha value is -0.970. The van der Waals surface area contributed by atoms with Crippen LogP contribution in [0, 0.1) is 0 Å². The zero-order chi connectivity index (χ0) is 15.2. The molecule has 1 amide bonds. The maximum atomic E-state index is 12.3. The highest BCUT2D eigenvalue weighted by Gasteiger charge is 2.26. The van der Waals surface area contributed by atoms with Crippen LogP contribution in [0.15, 0.2) is 18.2 Å². The molecule has 0 spiro atoms. The third-order valence-electron chi connectivity index (χ3n) is 3.67. The van der Waals surface area contributed by atoms with Crippen LogP contribution >= 0.6 is 23.2 Å². The second-order valence-corrected chi connectivity index (χ2v) is 5.96. The van der Waals surface area contributed by atoms with E-state index in [0.717, 1.165) is 25.7 Å². The molecule has 6 heteroatoms. The van der Waals surface area contributed by atoms with Crippen molar-refractivity contribution in [2.24, 2.45) is 0 Å². The fourth-order valence-corrected chi connectivity index (χ4v) is 3.11. The van der Waals surface area contributed by atoms with Gasteiger partial charge in [-0.2, -0.15) is 0 Å². The minimum atomic E-state index is -0.123. The Morgan fingerprint density at radius 1 is 1.33 bits per heavy atom. The highest BCUT2D eigenvalue weighted by atomic mass is 35.5. The van der Waals surface area contributed by atoms with Crippen LogP contribution in [0.4, 0.5) is 0 Å². The number of nitrogens with zero attached hydrogens (tertiary/aromatic N) is 1. The molecule has 0 heterocycles. The number of halogens is 2. The first-order valence-electron chi connectivity index (χ1n) is 7.10. The Labute approximate surface area is 134 Å². The second kappa shape index (κ2) is 7.87. The lowest BCUT2D eigenvalue weighted by atomic mass is 10.2. The van der Waals surface area contributed by atoms with Gasteiger partial charge in [-0.1, -0.05) is 36.0 Å². The lowest BCUT2D eigenvalue weighted by molar-refractivity contribution is -0.136. The first-order valence-corrected chi connectivity index (χ1v) is 7.85. The van der Waals surface area contributed by atoms with Gasteiger partial charge in [0, 0.05) is 17.6 Å². The number of aliphatic hydroxyl groups is 1. The van der Waals surface area contributed by atoms with E-state index < -0.39 is 0 Å². The Bertz CT molecular complexity index is 490. The van der Waals surface area contributed by atoms with Crippen LogP contribution < -0.4 is 4.74 Å². The van der Waals surface area contributed by atoms with Crippen molar-refractivity contribution >= 4 is 29.1 Å². The highest BCUT2D eigenvalue weighted by Crippen LogP contribution is 2.28. The fourth-order valence-electron chi connectivity index (χ4n) is 2.65. The summed E-state index contributed by atoms with van der Waals surface area (Å²) >= 11 is 11.8. The van der Waals surface area contributed by atoms with Crippen LogP contribution in [0.2, 0.25) is 10.0 Å². The third-order valence-corrected chi connectivity index (χ3v) is 4.20. The van der Waals surface area contributed by atoms with Crippen molar-refractivity contribution in [3.63, 3.8) is 0 Å². The van der Waals surface area contributed by atoms with E-state index in [1.807, 2.05) is 0 Å². The van der Waals surface area contributed by atoms with Gasteiger partial charge >= 0.3 is 0 Å². The molecule has 1 aromatic carbocycles. The molecule has 1 aliphatic rings. The molecule has 1 saturated carbocycles. The summed E-state index contributed by atoms with van der Waals surface area (Å²) in [6, 6.07) is 5.10. The SMILES string of the molecule is O=C(COc1ccc(Cl)cc1Cl)N(CCO)C1CCCC1. The summed E-state index contributed by atoms with van der Waals surface area (Å²) in [6.45, 7) is 0.225. The lowest BCUT2D eigenvalue weighted by Crippen LogP contribution is -2.43. The smallest absolute Gasteiger partial charge is 0.260 e. The number of ether oxygens (including phenoxy) is 1. The number of aliphatic hydroxyl groups excluding tert-OH is 1. The van der Waals surface area contributed by atoms with Gasteiger partial charge in [0.15, 0.2) is 6.61 Å². The van der Waals surface area contributed by atoms with Crippen LogP contribution in [0.25, 0.3) is 0 Å². The zero-order valence-corrected chi connectivity index (χ0v) is 13.2. The molecule has 0 aromatic heterocycles. The normalized spacial score (nSPS) is 15.2. The molecule has 1 fully saturated rings. The predicted octanol–water partition coefficient (Wildman–Crippen LogP) is 3.14. The van der Waals surface area contributed by atoms with Crippen molar-refractivity contribution in [3.8, 4) is 5.75 Å². The van der Waals surface area contributed by atoms with Crippen LogP contribution in [-0.4, -0.2) is 41.7 Å². The highest BCUT2D eigenvalue weighted by molar-refractivity contribution is 6.35. The fraction of sp³-hybridized carbons (Fsp3) is 0.533. The van der Waals surface area contributed by atoms with Crippen LogP contribution in [0.1, 0.15) is 25.7 Å². The van der Waals surface area contributed by atoms with E-state index in [4.69, 9.17) is 33.0 Å². The van der Waals surface area contributed by atoms with Gasteiger partial charge in [-0.25, -0.2) is 0 Å². The minimum absolute atomic E-state index is 0.0378. The molecular formula is C15H19Cl2NO3. The zero-order valence-electron chi connectivity index (χ0n) is 11.7. The molecule has 116 valence electrons. The maximum Gasteiger partial charge on any atom is 0.260 e. The summed E-state index contributed by atoms with van der Waals surface area (Å²) in [7, 11) is 0. The van der Waals surface area contributed by atoms with Crippen LogP contribution in [-0.2, 0) is 4.79 Å². The number of rotatable bonds is 6. The first-order chi connectivity index (χ1) is 10.1. The molecule has 4 nitrogen and oxygen atoms in total. The Morgan fingerprint density at radius 3 is 2.67 bits per heavy atom.